The Kier molecular flexibility index (Phi) is 7.52. The summed E-state index contributed by atoms with van der Waals surface area (Å²) in [6.45, 7) is 2.29. The molecule has 3 rings (SSSR count). The largest absolute Gasteiger partial charge is 0.481 e. The summed E-state index contributed by atoms with van der Waals surface area (Å²) < 4.78 is 0. The fourth-order valence-corrected chi connectivity index (χ4v) is 3.37. The second kappa shape index (κ2) is 10.5. The Morgan fingerprint density at radius 1 is 1.16 bits per heavy atom. The number of nitrogens with zero attached hydrogens (tertiary/aromatic N) is 2. The number of aliphatic carboxylic acids is 2. The third-order valence-corrected chi connectivity index (χ3v) is 4.92. The van der Waals surface area contributed by atoms with E-state index in [2.05, 4.69) is 20.9 Å². The molecule has 0 radical (unpaired) electrons. The highest BCUT2D eigenvalue weighted by Crippen LogP contribution is 2.19. The molecule has 1 aliphatic rings. The molecule has 0 saturated carbocycles. The van der Waals surface area contributed by atoms with Crippen molar-refractivity contribution in [2.24, 2.45) is 0 Å². The molecule has 0 fully saturated rings. The van der Waals surface area contributed by atoms with Gasteiger partial charge in [-0.3, -0.25) is 20.2 Å². The van der Waals surface area contributed by atoms with Gasteiger partial charge in [0.1, 0.15) is 11.9 Å². The van der Waals surface area contributed by atoms with Crippen LogP contribution in [-0.4, -0.2) is 52.4 Å². The molecule has 0 spiro atoms. The number of pyridine rings is 1. The highest BCUT2D eigenvalue weighted by Gasteiger charge is 2.23. The predicted molar refractivity (Wildman–Crippen MR) is 112 cm³/mol. The summed E-state index contributed by atoms with van der Waals surface area (Å²) in [5, 5.41) is 27.1. The van der Waals surface area contributed by atoms with E-state index in [0.717, 1.165) is 17.9 Å². The van der Waals surface area contributed by atoms with Crippen molar-refractivity contribution < 1.29 is 24.6 Å². The van der Waals surface area contributed by atoms with E-state index in [9.17, 15) is 19.5 Å². The van der Waals surface area contributed by atoms with E-state index in [1.54, 1.807) is 30.5 Å². The van der Waals surface area contributed by atoms with Crippen molar-refractivity contribution in [2.75, 3.05) is 18.2 Å². The van der Waals surface area contributed by atoms with Crippen LogP contribution in [0, 0.1) is 0 Å². The van der Waals surface area contributed by atoms with Crippen molar-refractivity contribution in [1.29, 1.82) is 0 Å². The van der Waals surface area contributed by atoms with Gasteiger partial charge in [0.25, 0.3) is 5.91 Å². The Labute approximate surface area is 179 Å². The lowest BCUT2D eigenvalue weighted by atomic mass is 10.1. The maximum absolute atomic E-state index is 12.7. The van der Waals surface area contributed by atoms with E-state index >= 15 is 0 Å². The molecular formula is C21H25N5O5. The summed E-state index contributed by atoms with van der Waals surface area (Å²) in [7, 11) is 0. The van der Waals surface area contributed by atoms with Crippen LogP contribution in [0.25, 0.3) is 0 Å². The summed E-state index contributed by atoms with van der Waals surface area (Å²) >= 11 is 0. The summed E-state index contributed by atoms with van der Waals surface area (Å²) in [6.07, 6.45) is 1.21. The zero-order valence-electron chi connectivity index (χ0n) is 16.9. The normalized spacial score (nSPS) is 13.9. The van der Waals surface area contributed by atoms with Crippen LogP contribution in [0.1, 0.15) is 34.3 Å². The van der Waals surface area contributed by atoms with E-state index in [1.165, 1.54) is 0 Å². The Morgan fingerprint density at radius 2 is 1.97 bits per heavy atom. The molecule has 10 heteroatoms. The van der Waals surface area contributed by atoms with Crippen LogP contribution >= 0.6 is 0 Å². The van der Waals surface area contributed by atoms with Crippen molar-refractivity contribution in [1.82, 2.24) is 20.9 Å². The Bertz CT molecular complexity index is 951. The number of fused-ring (bicyclic) bond motifs is 1. The molecule has 5 N–H and O–H groups in total. The predicted octanol–water partition coefficient (Wildman–Crippen LogP) is 0.744. The van der Waals surface area contributed by atoms with Gasteiger partial charge in [-0.2, -0.15) is 0 Å². The van der Waals surface area contributed by atoms with E-state index in [0.29, 0.717) is 31.0 Å². The molecule has 0 unspecified atom stereocenters. The number of benzene rings is 1. The molecule has 1 atom stereocenters. The number of anilines is 1. The summed E-state index contributed by atoms with van der Waals surface area (Å²) in [6, 6.07) is 9.54. The first-order chi connectivity index (χ1) is 15.0. The van der Waals surface area contributed by atoms with E-state index in [4.69, 9.17) is 5.11 Å². The summed E-state index contributed by atoms with van der Waals surface area (Å²) in [5.74, 6) is -2.04. The number of carboxylic acids is 2. The lowest BCUT2D eigenvalue weighted by molar-refractivity contribution is -0.140. The minimum atomic E-state index is -1.27. The van der Waals surface area contributed by atoms with Gasteiger partial charge in [-0.25, -0.2) is 9.78 Å². The third-order valence-electron chi connectivity index (χ3n) is 4.92. The Hall–Kier alpha value is -3.50. The zero-order chi connectivity index (χ0) is 22.2. The number of carboxylic acid groups (broad SMARTS) is 2. The van der Waals surface area contributed by atoms with Gasteiger partial charge in [0.15, 0.2) is 0 Å². The molecule has 1 aromatic heterocycles. The van der Waals surface area contributed by atoms with Gasteiger partial charge in [-0.15, -0.1) is 0 Å². The van der Waals surface area contributed by atoms with Gasteiger partial charge in [-0.1, -0.05) is 24.3 Å². The molecule has 1 amide bonds. The molecule has 31 heavy (non-hydrogen) atoms. The van der Waals surface area contributed by atoms with Crippen LogP contribution < -0.4 is 20.9 Å². The van der Waals surface area contributed by atoms with Gasteiger partial charge < -0.3 is 20.4 Å². The van der Waals surface area contributed by atoms with E-state index in [-0.39, 0.29) is 12.8 Å². The first kappa shape index (κ1) is 22.2. The highest BCUT2D eigenvalue weighted by molar-refractivity contribution is 5.97. The number of carbonyl (C=O) groups excluding carboxylic acids is 1. The Balaban J connectivity index is 1.62. The number of hydrogen-bond acceptors (Lipinski definition) is 7. The smallest absolute Gasteiger partial charge is 0.326 e. The molecule has 2 heterocycles. The lowest BCUT2D eigenvalue weighted by Crippen LogP contribution is -2.44. The highest BCUT2D eigenvalue weighted by atomic mass is 16.4. The van der Waals surface area contributed by atoms with Crippen LogP contribution in [0.5, 0.6) is 0 Å². The number of nitrogens with one attached hydrogen (secondary N) is 3. The molecule has 1 aromatic carbocycles. The van der Waals surface area contributed by atoms with E-state index < -0.39 is 23.9 Å². The average Bonchev–Trinajstić information content (AvgIpc) is 2.76. The average molecular weight is 427 g/mol. The molecule has 0 aliphatic carbocycles. The fourth-order valence-electron chi connectivity index (χ4n) is 3.37. The van der Waals surface area contributed by atoms with Crippen molar-refractivity contribution in [3.8, 4) is 0 Å². The number of carbonyl (C=O) groups is 3. The standard InChI is InChI=1S/C21H25N5O5/c27-18(28)8-7-17(21(30)31)25-20(29)16-6-2-1-4-14(16)10-22-12-26-13-23-11-15-5-3-9-24-19(15)26/h1-6,9,17,22-23H,7-8,10-13H2,(H,25,29)(H,27,28)(H,30,31)/t17-/m0/s1. The first-order valence-electron chi connectivity index (χ1n) is 9.89. The monoisotopic (exact) mass is 427 g/mol. The van der Waals surface area contributed by atoms with Gasteiger partial charge in [0.05, 0.1) is 13.3 Å². The molecule has 10 nitrogen and oxygen atoms in total. The molecule has 0 bridgehead atoms. The summed E-state index contributed by atoms with van der Waals surface area (Å²) in [4.78, 5) is 41.3. The van der Waals surface area contributed by atoms with Gasteiger partial charge in [0, 0.05) is 36.8 Å². The fraction of sp³-hybridized carbons (Fsp3) is 0.333. The molecule has 164 valence electrons. The number of aromatic nitrogens is 1. The molecule has 2 aromatic rings. The minimum absolute atomic E-state index is 0.189. The van der Waals surface area contributed by atoms with E-state index in [1.807, 2.05) is 17.0 Å². The van der Waals surface area contributed by atoms with Crippen LogP contribution in [0.4, 0.5) is 5.82 Å². The van der Waals surface area contributed by atoms with Crippen LogP contribution in [0.2, 0.25) is 0 Å². The van der Waals surface area contributed by atoms with Crippen LogP contribution in [-0.2, 0) is 22.7 Å². The second-order valence-electron chi connectivity index (χ2n) is 7.15. The third kappa shape index (κ3) is 6.00. The maximum atomic E-state index is 12.7. The van der Waals surface area contributed by atoms with Crippen molar-refractivity contribution in [3.05, 3.63) is 59.3 Å². The van der Waals surface area contributed by atoms with Crippen molar-refractivity contribution in [3.63, 3.8) is 0 Å². The first-order valence-corrected chi connectivity index (χ1v) is 9.89. The second-order valence-corrected chi connectivity index (χ2v) is 7.15. The van der Waals surface area contributed by atoms with Crippen LogP contribution in [0.15, 0.2) is 42.6 Å². The molecular weight excluding hydrogens is 402 g/mol. The van der Waals surface area contributed by atoms with Crippen LogP contribution in [0.3, 0.4) is 0 Å². The van der Waals surface area contributed by atoms with Gasteiger partial charge >= 0.3 is 11.9 Å². The lowest BCUT2D eigenvalue weighted by Gasteiger charge is -2.30. The number of rotatable bonds is 10. The van der Waals surface area contributed by atoms with Crippen molar-refractivity contribution >= 4 is 23.7 Å². The zero-order valence-corrected chi connectivity index (χ0v) is 16.9. The molecule has 0 saturated heterocycles. The Morgan fingerprint density at radius 3 is 2.74 bits per heavy atom. The SMILES string of the molecule is O=C(O)CC[C@H](NC(=O)c1ccccc1CNCN1CNCc2cccnc21)C(=O)O. The van der Waals surface area contributed by atoms with Crippen molar-refractivity contribution in [2.45, 2.75) is 32.0 Å². The van der Waals surface area contributed by atoms with Gasteiger partial charge in [-0.05, 0) is 24.1 Å². The molecule has 1 aliphatic heterocycles. The minimum Gasteiger partial charge on any atom is -0.481 e. The maximum Gasteiger partial charge on any atom is 0.326 e. The topological polar surface area (TPSA) is 144 Å². The number of amides is 1. The number of hydrogen-bond donors (Lipinski definition) is 5. The quantitative estimate of drug-likeness (QED) is 0.371. The van der Waals surface area contributed by atoms with Gasteiger partial charge in [0.2, 0.25) is 0 Å². The summed E-state index contributed by atoms with van der Waals surface area (Å²) in [5.41, 5.74) is 2.15.